The second kappa shape index (κ2) is 4.91. The fraction of sp³-hybridized carbons (Fsp3) is 0. The maximum atomic E-state index is 5.96. The summed E-state index contributed by atoms with van der Waals surface area (Å²) in [5.74, 6) is 0.886. The fourth-order valence-corrected chi connectivity index (χ4v) is 1.57. The van der Waals surface area contributed by atoms with Gasteiger partial charge in [0.25, 0.3) is 0 Å². The van der Waals surface area contributed by atoms with Gasteiger partial charge in [0.15, 0.2) is 0 Å². The molecule has 0 spiro atoms. The molecule has 1 aromatic heterocycles. The SMILES string of the molecule is Clc1[c]c(Oc2cccc(Cl)c2Cl)ccn1. The van der Waals surface area contributed by atoms with Gasteiger partial charge in [0.05, 0.1) is 11.1 Å². The minimum atomic E-state index is 0.232. The first kappa shape index (κ1) is 11.5. The zero-order valence-corrected chi connectivity index (χ0v) is 10.1. The van der Waals surface area contributed by atoms with Crippen LogP contribution in [0, 0.1) is 6.07 Å². The first-order chi connectivity index (χ1) is 7.66. The van der Waals surface area contributed by atoms with E-state index in [9.17, 15) is 0 Å². The summed E-state index contributed by atoms with van der Waals surface area (Å²) in [6.45, 7) is 0. The Labute approximate surface area is 108 Å². The molecule has 1 heterocycles. The minimum absolute atomic E-state index is 0.232. The van der Waals surface area contributed by atoms with Crippen molar-refractivity contribution in [1.82, 2.24) is 4.98 Å². The van der Waals surface area contributed by atoms with Crippen molar-refractivity contribution in [3.8, 4) is 11.5 Å². The number of pyridine rings is 1. The second-order valence-corrected chi connectivity index (χ2v) is 4.02. The maximum absolute atomic E-state index is 5.96. The number of rotatable bonds is 2. The van der Waals surface area contributed by atoms with E-state index in [0.717, 1.165) is 0 Å². The Morgan fingerprint density at radius 1 is 1.12 bits per heavy atom. The van der Waals surface area contributed by atoms with Gasteiger partial charge in [-0.05, 0) is 18.2 Å². The molecule has 0 bridgehead atoms. The standard InChI is InChI=1S/C11H5Cl3NO/c12-8-2-1-3-9(11(8)14)16-7-4-5-15-10(13)6-7/h1-5H. The molecule has 0 aliphatic carbocycles. The lowest BCUT2D eigenvalue weighted by molar-refractivity contribution is 0.481. The predicted molar refractivity (Wildman–Crippen MR) is 64.6 cm³/mol. The van der Waals surface area contributed by atoms with Crippen LogP contribution in [-0.4, -0.2) is 4.98 Å². The van der Waals surface area contributed by atoms with Crippen LogP contribution in [0.1, 0.15) is 0 Å². The van der Waals surface area contributed by atoms with Crippen LogP contribution in [0.2, 0.25) is 15.2 Å². The highest BCUT2D eigenvalue weighted by atomic mass is 35.5. The average molecular weight is 274 g/mol. The highest BCUT2D eigenvalue weighted by Crippen LogP contribution is 2.34. The first-order valence-electron chi connectivity index (χ1n) is 4.32. The van der Waals surface area contributed by atoms with E-state index in [1.165, 1.54) is 6.20 Å². The molecule has 0 unspecified atom stereocenters. The van der Waals surface area contributed by atoms with Crippen LogP contribution in [0.5, 0.6) is 11.5 Å². The van der Waals surface area contributed by atoms with Crippen LogP contribution < -0.4 is 4.74 Å². The summed E-state index contributed by atoms with van der Waals surface area (Å²) >= 11 is 17.5. The molecule has 5 heteroatoms. The number of hydrogen-bond donors (Lipinski definition) is 0. The minimum Gasteiger partial charge on any atom is -0.455 e. The van der Waals surface area contributed by atoms with Gasteiger partial charge >= 0.3 is 0 Å². The summed E-state index contributed by atoms with van der Waals surface area (Å²) < 4.78 is 5.47. The van der Waals surface area contributed by atoms with Crippen molar-refractivity contribution in [3.05, 3.63) is 51.7 Å². The van der Waals surface area contributed by atoms with Gasteiger partial charge in [-0.15, -0.1) is 0 Å². The molecular weight excluding hydrogens is 268 g/mol. The van der Waals surface area contributed by atoms with Crippen molar-refractivity contribution < 1.29 is 4.74 Å². The zero-order chi connectivity index (χ0) is 11.5. The Hall–Kier alpha value is -0.960. The van der Waals surface area contributed by atoms with Gasteiger partial charge in [0.1, 0.15) is 21.7 Å². The van der Waals surface area contributed by atoms with E-state index in [1.54, 1.807) is 24.3 Å². The number of hydrogen-bond acceptors (Lipinski definition) is 2. The van der Waals surface area contributed by atoms with E-state index in [0.29, 0.717) is 21.5 Å². The number of ether oxygens (including phenoxy) is 1. The van der Waals surface area contributed by atoms with Gasteiger partial charge in [-0.3, -0.25) is 0 Å². The van der Waals surface area contributed by atoms with Crippen LogP contribution in [0.25, 0.3) is 0 Å². The topological polar surface area (TPSA) is 22.1 Å². The number of nitrogens with zero attached hydrogens (tertiary/aromatic N) is 1. The summed E-state index contributed by atoms with van der Waals surface area (Å²) in [6.07, 6.45) is 1.52. The van der Waals surface area contributed by atoms with Crippen LogP contribution >= 0.6 is 34.8 Å². The van der Waals surface area contributed by atoms with Gasteiger partial charge in [0, 0.05) is 6.20 Å². The fourth-order valence-electron chi connectivity index (χ4n) is 1.09. The molecule has 0 saturated carbocycles. The normalized spacial score (nSPS) is 10.2. The molecule has 81 valence electrons. The molecule has 0 amide bonds. The van der Waals surface area contributed by atoms with Crippen LogP contribution in [0.3, 0.4) is 0 Å². The van der Waals surface area contributed by atoms with Crippen molar-refractivity contribution in [1.29, 1.82) is 0 Å². The smallest absolute Gasteiger partial charge is 0.147 e. The van der Waals surface area contributed by atoms with Crippen molar-refractivity contribution in [2.24, 2.45) is 0 Å². The van der Waals surface area contributed by atoms with Gasteiger partial charge in [-0.1, -0.05) is 40.9 Å². The van der Waals surface area contributed by atoms with Crippen molar-refractivity contribution in [3.63, 3.8) is 0 Å². The number of benzene rings is 1. The van der Waals surface area contributed by atoms with Crippen molar-refractivity contribution >= 4 is 34.8 Å². The van der Waals surface area contributed by atoms with Crippen molar-refractivity contribution in [2.75, 3.05) is 0 Å². The van der Waals surface area contributed by atoms with Crippen LogP contribution in [-0.2, 0) is 0 Å². The Bertz CT molecular complexity index is 516. The average Bonchev–Trinajstić information content (AvgIpc) is 2.25. The highest BCUT2D eigenvalue weighted by Gasteiger charge is 2.07. The quantitative estimate of drug-likeness (QED) is 0.744. The van der Waals surface area contributed by atoms with E-state index in [2.05, 4.69) is 11.1 Å². The van der Waals surface area contributed by atoms with Gasteiger partial charge in [-0.25, -0.2) is 4.98 Å². The highest BCUT2D eigenvalue weighted by molar-refractivity contribution is 6.42. The summed E-state index contributed by atoms with van der Waals surface area (Å²) in [5, 5.41) is 1.01. The molecule has 2 nitrogen and oxygen atoms in total. The van der Waals surface area contributed by atoms with Crippen LogP contribution in [0.15, 0.2) is 30.5 Å². The molecule has 16 heavy (non-hydrogen) atoms. The lowest BCUT2D eigenvalue weighted by atomic mass is 10.3. The van der Waals surface area contributed by atoms with Gasteiger partial charge in [-0.2, -0.15) is 0 Å². The Balaban J connectivity index is 2.31. The number of halogens is 3. The summed E-state index contributed by atoms with van der Waals surface area (Å²) in [7, 11) is 0. The van der Waals surface area contributed by atoms with Crippen molar-refractivity contribution in [2.45, 2.75) is 0 Å². The third kappa shape index (κ3) is 2.59. The molecule has 0 atom stereocenters. The largest absolute Gasteiger partial charge is 0.455 e. The van der Waals surface area contributed by atoms with E-state index in [-0.39, 0.29) is 5.15 Å². The zero-order valence-electron chi connectivity index (χ0n) is 7.88. The Morgan fingerprint density at radius 2 is 1.94 bits per heavy atom. The van der Waals surface area contributed by atoms with Crippen LogP contribution in [0.4, 0.5) is 0 Å². The molecule has 0 aliphatic rings. The molecule has 0 fully saturated rings. The summed E-state index contributed by atoms with van der Waals surface area (Å²) in [5.41, 5.74) is 0. The second-order valence-electron chi connectivity index (χ2n) is 2.88. The summed E-state index contributed by atoms with van der Waals surface area (Å²) in [4.78, 5) is 3.79. The van der Waals surface area contributed by atoms with E-state index < -0.39 is 0 Å². The molecule has 0 N–H and O–H groups in total. The molecule has 2 aromatic rings. The third-order valence-electron chi connectivity index (χ3n) is 1.78. The predicted octanol–water partition coefficient (Wildman–Crippen LogP) is 4.63. The van der Waals surface area contributed by atoms with E-state index >= 15 is 0 Å². The van der Waals surface area contributed by atoms with Gasteiger partial charge in [0.2, 0.25) is 0 Å². The molecule has 1 radical (unpaired) electrons. The molecule has 2 rings (SSSR count). The molecule has 0 aliphatic heterocycles. The Kier molecular flexibility index (Phi) is 3.54. The first-order valence-corrected chi connectivity index (χ1v) is 5.46. The summed E-state index contributed by atoms with van der Waals surface area (Å²) in [6, 6.07) is 9.49. The lowest BCUT2D eigenvalue weighted by Crippen LogP contribution is -1.86. The number of aromatic nitrogens is 1. The molecule has 1 aromatic carbocycles. The molecule has 0 saturated heterocycles. The monoisotopic (exact) mass is 272 g/mol. The van der Waals surface area contributed by atoms with E-state index in [4.69, 9.17) is 39.5 Å². The van der Waals surface area contributed by atoms with Gasteiger partial charge < -0.3 is 4.74 Å². The lowest BCUT2D eigenvalue weighted by Gasteiger charge is -2.07. The third-order valence-corrected chi connectivity index (χ3v) is 2.77. The molecular formula is C11H5Cl3NO. The van der Waals surface area contributed by atoms with E-state index in [1.807, 2.05) is 0 Å². The maximum Gasteiger partial charge on any atom is 0.147 e. The Morgan fingerprint density at radius 3 is 2.69 bits per heavy atom.